The Morgan fingerprint density at radius 1 is 1.07 bits per heavy atom. The van der Waals surface area contributed by atoms with Gasteiger partial charge < -0.3 is 24.4 Å². The lowest BCUT2D eigenvalue weighted by Gasteiger charge is -2.31. The molecule has 2 aromatic rings. The van der Waals surface area contributed by atoms with Crippen LogP contribution in [0.4, 0.5) is 5.69 Å². The van der Waals surface area contributed by atoms with Crippen molar-refractivity contribution in [1.82, 2.24) is 9.88 Å². The minimum absolute atomic E-state index is 0.480. The highest BCUT2D eigenvalue weighted by atomic mass is 16.5. The predicted octanol–water partition coefficient (Wildman–Crippen LogP) is 2.87. The van der Waals surface area contributed by atoms with Crippen LogP contribution in [0.5, 0.6) is 11.5 Å². The molecule has 1 saturated heterocycles. The van der Waals surface area contributed by atoms with Crippen LogP contribution in [0.15, 0.2) is 12.1 Å². The fraction of sp³-hybridized carbons (Fsp3) is 0.571. The monoisotopic (exact) mass is 371 g/mol. The number of ether oxygens (including phenoxy) is 3. The zero-order valence-electron chi connectivity index (χ0n) is 16.5. The van der Waals surface area contributed by atoms with E-state index in [2.05, 4.69) is 23.3 Å². The van der Waals surface area contributed by atoms with Gasteiger partial charge in [0.15, 0.2) is 11.5 Å². The van der Waals surface area contributed by atoms with E-state index in [1.807, 2.05) is 6.07 Å². The van der Waals surface area contributed by atoms with E-state index in [1.54, 1.807) is 14.2 Å². The number of fused-ring (bicyclic) bond motifs is 2. The van der Waals surface area contributed by atoms with E-state index < -0.39 is 0 Å². The molecule has 6 heteroatoms. The molecule has 1 aromatic carbocycles. The molecule has 0 aliphatic carbocycles. The van der Waals surface area contributed by atoms with Crippen molar-refractivity contribution in [3.63, 3.8) is 0 Å². The Kier molecular flexibility index (Phi) is 5.36. The van der Waals surface area contributed by atoms with Crippen molar-refractivity contribution < 1.29 is 14.2 Å². The topological polar surface area (TPSA) is 55.9 Å². The molecular formula is C21H29N3O3. The van der Waals surface area contributed by atoms with Crippen molar-refractivity contribution in [2.24, 2.45) is 0 Å². The van der Waals surface area contributed by atoms with E-state index in [0.29, 0.717) is 11.8 Å². The van der Waals surface area contributed by atoms with E-state index in [9.17, 15) is 0 Å². The fourth-order valence-electron chi connectivity index (χ4n) is 4.12. The van der Waals surface area contributed by atoms with Gasteiger partial charge in [0.05, 0.1) is 33.0 Å². The molecule has 1 aromatic heterocycles. The van der Waals surface area contributed by atoms with Gasteiger partial charge in [-0.2, -0.15) is 0 Å². The zero-order valence-corrected chi connectivity index (χ0v) is 16.5. The van der Waals surface area contributed by atoms with Crippen LogP contribution in [0.1, 0.15) is 24.1 Å². The largest absolute Gasteiger partial charge is 0.493 e. The summed E-state index contributed by atoms with van der Waals surface area (Å²) in [6, 6.07) is 4.53. The van der Waals surface area contributed by atoms with Crippen LogP contribution in [-0.4, -0.2) is 63.5 Å². The maximum absolute atomic E-state index is 5.73. The smallest absolute Gasteiger partial charge is 0.162 e. The minimum Gasteiger partial charge on any atom is -0.493 e. The van der Waals surface area contributed by atoms with Crippen molar-refractivity contribution in [1.29, 1.82) is 0 Å². The van der Waals surface area contributed by atoms with Crippen LogP contribution in [0.2, 0.25) is 0 Å². The molecule has 0 bridgehead atoms. The Labute approximate surface area is 160 Å². The van der Waals surface area contributed by atoms with Gasteiger partial charge in [0, 0.05) is 35.3 Å². The van der Waals surface area contributed by atoms with E-state index in [4.69, 9.17) is 19.2 Å². The number of anilines is 1. The average Bonchev–Trinajstić information content (AvgIpc) is 2.93. The second kappa shape index (κ2) is 7.90. The number of nitrogens with one attached hydrogen (secondary N) is 1. The molecule has 0 radical (unpaired) electrons. The number of hydrogen-bond donors (Lipinski definition) is 1. The third-order valence-corrected chi connectivity index (χ3v) is 5.72. The van der Waals surface area contributed by atoms with E-state index in [-0.39, 0.29) is 0 Å². The van der Waals surface area contributed by atoms with Crippen LogP contribution in [0, 0.1) is 0 Å². The highest BCUT2D eigenvalue weighted by Crippen LogP contribution is 2.38. The summed E-state index contributed by atoms with van der Waals surface area (Å²) in [6.07, 6.45) is 4.04. The second-order valence-corrected chi connectivity index (χ2v) is 7.47. The highest BCUT2D eigenvalue weighted by molar-refractivity contribution is 5.96. The molecule has 0 unspecified atom stereocenters. The van der Waals surface area contributed by atoms with Gasteiger partial charge in [0.1, 0.15) is 0 Å². The Balaban J connectivity index is 1.82. The number of likely N-dealkylation sites (tertiary alicyclic amines) is 1. The Bertz CT molecular complexity index is 816. The van der Waals surface area contributed by atoms with Gasteiger partial charge in [-0.25, -0.2) is 0 Å². The molecule has 146 valence electrons. The average molecular weight is 371 g/mol. The van der Waals surface area contributed by atoms with Gasteiger partial charge in [0.25, 0.3) is 0 Å². The summed E-state index contributed by atoms with van der Waals surface area (Å²) in [4.78, 5) is 7.36. The zero-order chi connectivity index (χ0) is 18.8. The van der Waals surface area contributed by atoms with Gasteiger partial charge in [-0.3, -0.25) is 4.98 Å². The molecule has 3 heterocycles. The second-order valence-electron chi connectivity index (χ2n) is 7.47. The SMILES string of the molecule is COc1cc2nc3c(c(NC4CCN(C)CC4)c2cc1OC)CCOCC3. The van der Waals surface area contributed by atoms with E-state index in [0.717, 1.165) is 74.3 Å². The van der Waals surface area contributed by atoms with E-state index >= 15 is 0 Å². The molecule has 0 atom stereocenters. The first-order valence-corrected chi connectivity index (χ1v) is 9.80. The van der Waals surface area contributed by atoms with Crippen molar-refractivity contribution in [3.8, 4) is 11.5 Å². The Morgan fingerprint density at radius 3 is 2.52 bits per heavy atom. The quantitative estimate of drug-likeness (QED) is 0.892. The van der Waals surface area contributed by atoms with Crippen LogP contribution >= 0.6 is 0 Å². The lowest BCUT2D eigenvalue weighted by Crippen LogP contribution is -2.37. The molecule has 0 amide bonds. The number of pyridine rings is 1. The molecule has 0 saturated carbocycles. The van der Waals surface area contributed by atoms with Gasteiger partial charge in [0.2, 0.25) is 0 Å². The summed E-state index contributed by atoms with van der Waals surface area (Å²) < 4.78 is 16.8. The summed E-state index contributed by atoms with van der Waals surface area (Å²) in [7, 11) is 5.54. The van der Waals surface area contributed by atoms with Gasteiger partial charge in [-0.15, -0.1) is 0 Å². The predicted molar refractivity (Wildman–Crippen MR) is 107 cm³/mol. The summed E-state index contributed by atoms with van der Waals surface area (Å²) >= 11 is 0. The van der Waals surface area contributed by atoms with Gasteiger partial charge in [-0.1, -0.05) is 0 Å². The molecule has 1 N–H and O–H groups in total. The molecular weight excluding hydrogens is 342 g/mol. The Hall–Kier alpha value is -2.05. The first-order valence-electron chi connectivity index (χ1n) is 9.80. The van der Waals surface area contributed by atoms with Crippen LogP contribution in [-0.2, 0) is 17.6 Å². The number of methoxy groups -OCH3 is 2. The lowest BCUT2D eigenvalue weighted by molar-refractivity contribution is 0.146. The molecule has 2 aliphatic rings. The van der Waals surface area contributed by atoms with Gasteiger partial charge in [-0.05, 0) is 51.0 Å². The molecule has 2 aliphatic heterocycles. The number of rotatable bonds is 4. The first-order chi connectivity index (χ1) is 13.2. The lowest BCUT2D eigenvalue weighted by atomic mass is 9.99. The fourth-order valence-corrected chi connectivity index (χ4v) is 4.12. The normalized spacial score (nSPS) is 18.8. The summed E-state index contributed by atoms with van der Waals surface area (Å²) in [5, 5.41) is 4.97. The summed E-state index contributed by atoms with van der Waals surface area (Å²) in [6.45, 7) is 3.73. The number of piperidine rings is 1. The van der Waals surface area contributed by atoms with Crippen molar-refractivity contribution in [3.05, 3.63) is 23.4 Å². The van der Waals surface area contributed by atoms with Gasteiger partial charge >= 0.3 is 0 Å². The molecule has 1 fully saturated rings. The molecule has 0 spiro atoms. The number of benzene rings is 1. The molecule has 4 rings (SSSR count). The highest BCUT2D eigenvalue weighted by Gasteiger charge is 2.23. The summed E-state index contributed by atoms with van der Waals surface area (Å²) in [5.41, 5.74) is 4.59. The maximum atomic E-state index is 5.73. The number of hydrogen-bond acceptors (Lipinski definition) is 6. The molecule has 27 heavy (non-hydrogen) atoms. The van der Waals surface area contributed by atoms with E-state index in [1.165, 1.54) is 11.3 Å². The standard InChI is InChI=1S/C21H29N3O3/c1-24-8-4-14(5-9-24)22-21-15-6-10-27-11-7-17(15)23-18-13-20(26-3)19(25-2)12-16(18)21/h12-14H,4-11H2,1-3H3,(H,22,23). The Morgan fingerprint density at radius 2 is 1.78 bits per heavy atom. The van der Waals surface area contributed by atoms with Crippen molar-refractivity contribution in [2.45, 2.75) is 31.7 Å². The minimum atomic E-state index is 0.480. The third kappa shape index (κ3) is 3.69. The van der Waals surface area contributed by atoms with Crippen LogP contribution in [0.3, 0.4) is 0 Å². The van der Waals surface area contributed by atoms with Crippen molar-refractivity contribution in [2.75, 3.05) is 52.9 Å². The van der Waals surface area contributed by atoms with Crippen molar-refractivity contribution >= 4 is 16.6 Å². The molecule has 6 nitrogen and oxygen atoms in total. The maximum Gasteiger partial charge on any atom is 0.162 e. The summed E-state index contributed by atoms with van der Waals surface area (Å²) in [5.74, 6) is 1.45. The number of aromatic nitrogens is 1. The number of nitrogens with zero attached hydrogens (tertiary/aromatic N) is 2. The van der Waals surface area contributed by atoms with Crippen LogP contribution < -0.4 is 14.8 Å². The first kappa shape index (κ1) is 18.3. The third-order valence-electron chi connectivity index (χ3n) is 5.72. The van der Waals surface area contributed by atoms with Crippen LogP contribution in [0.25, 0.3) is 10.9 Å².